The average molecular weight is 418 g/mol. The number of hydrogen-bond acceptors (Lipinski definition) is 6. The smallest absolute Gasteiger partial charge is 0.245 e. The van der Waals surface area contributed by atoms with Crippen molar-refractivity contribution >= 4 is 33.0 Å². The van der Waals surface area contributed by atoms with E-state index in [-0.39, 0.29) is 23.8 Å². The van der Waals surface area contributed by atoms with E-state index in [1.807, 2.05) is 17.5 Å². The topological polar surface area (TPSA) is 101 Å². The Hall–Kier alpha value is -2.75. The van der Waals surface area contributed by atoms with Gasteiger partial charge in [0.05, 0.1) is 29.8 Å². The first-order valence-corrected chi connectivity index (χ1v) is 10.8. The number of carbonyl (C=O) groups is 1. The minimum absolute atomic E-state index is 0.0772. The van der Waals surface area contributed by atoms with Crippen LogP contribution in [0.2, 0.25) is 0 Å². The molecule has 2 N–H and O–H groups in total. The van der Waals surface area contributed by atoms with E-state index in [9.17, 15) is 13.2 Å². The van der Waals surface area contributed by atoms with Crippen LogP contribution in [0.3, 0.4) is 0 Å². The van der Waals surface area contributed by atoms with Gasteiger partial charge in [-0.15, -0.1) is 11.3 Å². The molecule has 0 aliphatic heterocycles. The van der Waals surface area contributed by atoms with Gasteiger partial charge in [-0.3, -0.25) is 4.79 Å². The average Bonchev–Trinajstić information content (AvgIpc) is 3.39. The summed E-state index contributed by atoms with van der Waals surface area (Å²) in [5, 5.41) is 5.99. The first-order chi connectivity index (χ1) is 13.4. The Morgan fingerprint density at radius 1 is 1.14 bits per heavy atom. The Labute approximate surface area is 167 Å². The molecule has 0 bridgehead atoms. The van der Waals surface area contributed by atoms with Crippen molar-refractivity contribution in [3.8, 4) is 0 Å². The van der Waals surface area contributed by atoms with Gasteiger partial charge in [-0.1, -0.05) is 18.2 Å². The molecule has 0 atom stereocenters. The van der Waals surface area contributed by atoms with Crippen LogP contribution in [-0.2, 0) is 27.8 Å². The summed E-state index contributed by atoms with van der Waals surface area (Å²) in [7, 11) is -3.65. The lowest BCUT2D eigenvalue weighted by Gasteiger charge is -2.07. The van der Waals surface area contributed by atoms with Crippen molar-refractivity contribution in [1.82, 2.24) is 10.1 Å². The van der Waals surface area contributed by atoms with Crippen LogP contribution < -0.4 is 10.1 Å². The number of rotatable bonds is 8. The first-order valence-electron chi connectivity index (χ1n) is 8.42. The van der Waals surface area contributed by atoms with Crippen LogP contribution >= 0.6 is 11.3 Å². The highest BCUT2D eigenvalue weighted by molar-refractivity contribution is 7.89. The highest BCUT2D eigenvalue weighted by Gasteiger charge is 2.14. The van der Waals surface area contributed by atoms with Gasteiger partial charge in [0.25, 0.3) is 0 Å². The Morgan fingerprint density at radius 3 is 2.57 bits per heavy atom. The fraction of sp³-hybridized carbons (Fsp3) is 0.158. The first kappa shape index (κ1) is 20.0. The molecule has 7 nitrogen and oxygen atoms in total. The molecule has 0 aliphatic rings. The Bertz CT molecular complexity index is 1040. The van der Waals surface area contributed by atoms with Crippen LogP contribution in [0.25, 0.3) is 0 Å². The van der Waals surface area contributed by atoms with Gasteiger partial charge in [-0.2, -0.15) is 5.10 Å². The van der Waals surface area contributed by atoms with Crippen LogP contribution in [0.15, 0.2) is 74.6 Å². The third kappa shape index (κ3) is 5.38. The van der Waals surface area contributed by atoms with Crippen molar-refractivity contribution in [3.63, 3.8) is 0 Å². The fourth-order valence-corrected chi connectivity index (χ4v) is 4.06. The van der Waals surface area contributed by atoms with E-state index >= 15 is 0 Å². The van der Waals surface area contributed by atoms with E-state index in [1.165, 1.54) is 29.7 Å². The van der Waals surface area contributed by atoms with Crippen molar-refractivity contribution in [2.75, 3.05) is 0 Å². The van der Waals surface area contributed by atoms with Gasteiger partial charge < -0.3 is 4.42 Å². The lowest BCUT2D eigenvalue weighted by Crippen LogP contribution is -2.23. The summed E-state index contributed by atoms with van der Waals surface area (Å²) >= 11 is 1.51. The Morgan fingerprint density at radius 2 is 1.93 bits per heavy atom. The second kappa shape index (κ2) is 8.96. The van der Waals surface area contributed by atoms with Crippen LogP contribution in [0, 0.1) is 0 Å². The molecule has 0 spiro atoms. The molecule has 2 heterocycles. The third-order valence-corrected chi connectivity index (χ3v) is 6.16. The molecular weight excluding hydrogens is 398 g/mol. The molecule has 0 fully saturated rings. The van der Waals surface area contributed by atoms with E-state index < -0.39 is 10.0 Å². The number of amides is 1. The Kier molecular flexibility index (Phi) is 6.40. The summed E-state index contributed by atoms with van der Waals surface area (Å²) in [6.45, 7) is 1.82. The van der Waals surface area contributed by atoms with Crippen molar-refractivity contribution in [3.05, 3.63) is 76.4 Å². The molecule has 3 rings (SSSR count). The number of benzene rings is 1. The summed E-state index contributed by atoms with van der Waals surface area (Å²) in [5.41, 5.74) is 3.80. The summed E-state index contributed by atoms with van der Waals surface area (Å²) in [5.74, 6) is 0.324. The van der Waals surface area contributed by atoms with Crippen molar-refractivity contribution in [1.29, 1.82) is 0 Å². The number of hydrazone groups is 1. The summed E-state index contributed by atoms with van der Waals surface area (Å²) in [6.07, 6.45) is 1.76. The fourth-order valence-electron chi connectivity index (χ4n) is 2.36. The molecule has 0 unspecified atom stereocenters. The summed E-state index contributed by atoms with van der Waals surface area (Å²) in [6, 6.07) is 13.4. The number of furan rings is 1. The molecule has 0 aliphatic carbocycles. The molecule has 0 saturated carbocycles. The lowest BCUT2D eigenvalue weighted by molar-refractivity contribution is -0.120. The highest BCUT2D eigenvalue weighted by atomic mass is 32.2. The number of sulfonamides is 1. The van der Waals surface area contributed by atoms with E-state index in [2.05, 4.69) is 15.2 Å². The lowest BCUT2D eigenvalue weighted by atomic mass is 10.1. The second-order valence-corrected chi connectivity index (χ2v) is 8.72. The van der Waals surface area contributed by atoms with E-state index in [0.717, 1.165) is 4.88 Å². The van der Waals surface area contributed by atoms with Gasteiger partial charge in [0, 0.05) is 4.88 Å². The summed E-state index contributed by atoms with van der Waals surface area (Å²) in [4.78, 5) is 13.0. The van der Waals surface area contributed by atoms with Gasteiger partial charge >= 0.3 is 0 Å². The number of nitrogens with zero attached hydrogens (tertiary/aromatic N) is 1. The maximum atomic E-state index is 12.3. The van der Waals surface area contributed by atoms with Gasteiger partial charge in [-0.05, 0) is 48.2 Å². The molecule has 1 aromatic carbocycles. The van der Waals surface area contributed by atoms with Crippen LogP contribution in [0.5, 0.6) is 0 Å². The summed E-state index contributed by atoms with van der Waals surface area (Å²) < 4.78 is 32.3. The quantitative estimate of drug-likeness (QED) is 0.435. The molecule has 0 radical (unpaired) electrons. The highest BCUT2D eigenvalue weighted by Crippen LogP contribution is 2.13. The second-order valence-electron chi connectivity index (χ2n) is 5.92. The minimum Gasteiger partial charge on any atom is -0.468 e. The molecule has 2 aromatic heterocycles. The minimum atomic E-state index is -3.65. The molecule has 1 amide bonds. The van der Waals surface area contributed by atoms with Crippen molar-refractivity contribution in [2.45, 2.75) is 24.8 Å². The predicted molar refractivity (Wildman–Crippen MR) is 108 cm³/mol. The number of thiophene rings is 1. The van der Waals surface area contributed by atoms with Crippen molar-refractivity contribution in [2.24, 2.45) is 5.10 Å². The van der Waals surface area contributed by atoms with Gasteiger partial charge in [0.15, 0.2) is 0 Å². The van der Waals surface area contributed by atoms with Crippen LogP contribution in [0.1, 0.15) is 23.1 Å². The Balaban J connectivity index is 1.60. The van der Waals surface area contributed by atoms with Gasteiger partial charge in [0.1, 0.15) is 5.76 Å². The molecule has 28 heavy (non-hydrogen) atoms. The van der Waals surface area contributed by atoms with E-state index in [0.29, 0.717) is 17.0 Å². The molecule has 146 valence electrons. The molecule has 3 aromatic rings. The third-order valence-electron chi connectivity index (χ3n) is 3.86. The van der Waals surface area contributed by atoms with Crippen molar-refractivity contribution < 1.29 is 17.6 Å². The van der Waals surface area contributed by atoms with E-state index in [1.54, 1.807) is 31.2 Å². The number of carbonyl (C=O) groups excluding carboxylic acids is 1. The van der Waals surface area contributed by atoms with E-state index in [4.69, 9.17) is 4.42 Å². The zero-order chi connectivity index (χ0) is 20.0. The zero-order valence-electron chi connectivity index (χ0n) is 15.1. The number of hydrogen-bond donors (Lipinski definition) is 2. The maximum absolute atomic E-state index is 12.3. The largest absolute Gasteiger partial charge is 0.468 e. The monoisotopic (exact) mass is 417 g/mol. The van der Waals surface area contributed by atoms with Crippen LogP contribution in [0.4, 0.5) is 0 Å². The van der Waals surface area contributed by atoms with Gasteiger partial charge in [-0.25, -0.2) is 18.6 Å². The molecule has 9 heteroatoms. The molecular formula is C19H19N3O4S2. The predicted octanol–water partition coefficient (Wildman–Crippen LogP) is 2.90. The SMILES string of the molecule is C/C(=N\NC(=O)Cc1cccs1)c1ccc(S(=O)(=O)NCc2ccco2)cc1. The maximum Gasteiger partial charge on any atom is 0.245 e. The zero-order valence-corrected chi connectivity index (χ0v) is 16.7. The standard InChI is InChI=1S/C19H19N3O4S2/c1-14(21-22-19(23)12-17-5-3-11-27-17)15-6-8-18(9-7-15)28(24,25)20-13-16-4-2-10-26-16/h2-11,20H,12-13H2,1H3,(H,22,23)/b21-14+. The van der Waals surface area contributed by atoms with Gasteiger partial charge in [0.2, 0.25) is 15.9 Å². The van der Waals surface area contributed by atoms with Crippen LogP contribution in [-0.4, -0.2) is 20.0 Å². The normalized spacial score (nSPS) is 12.1. The number of nitrogens with one attached hydrogen (secondary N) is 2. The molecule has 0 saturated heterocycles.